The van der Waals surface area contributed by atoms with E-state index in [0.717, 1.165) is 22.6 Å². The van der Waals surface area contributed by atoms with Crippen molar-refractivity contribution >= 4 is 17.7 Å². The summed E-state index contributed by atoms with van der Waals surface area (Å²) >= 11 is 5.91. The fraction of sp³-hybridized carbons (Fsp3) is 0.414. The standard InChI is InChI=1S/C29H34ClN3O4/c1-28(2,3)33(27(34)35)21-16-24(17-21)37-23-12-8-20(9-13-23)29(4,5)19-6-10-22(11-7-19)36-18-26-31-15-14-25(30)32-26/h6-15,21,24H,16-18H2,1-5H3,(H,34,35). The highest BCUT2D eigenvalue weighted by atomic mass is 35.5. The largest absolute Gasteiger partial charge is 0.490 e. The summed E-state index contributed by atoms with van der Waals surface area (Å²) < 4.78 is 11.9. The summed E-state index contributed by atoms with van der Waals surface area (Å²) in [5.41, 5.74) is 1.68. The number of amides is 1. The van der Waals surface area contributed by atoms with Crippen LogP contribution in [-0.4, -0.2) is 43.8 Å². The monoisotopic (exact) mass is 523 g/mol. The van der Waals surface area contributed by atoms with Gasteiger partial charge in [-0.1, -0.05) is 49.7 Å². The normalized spacial score (nSPS) is 17.6. The second kappa shape index (κ2) is 10.6. The Morgan fingerprint density at radius 2 is 1.54 bits per heavy atom. The minimum absolute atomic E-state index is 0.00863. The van der Waals surface area contributed by atoms with Gasteiger partial charge in [-0.25, -0.2) is 14.8 Å². The van der Waals surface area contributed by atoms with Crippen LogP contribution < -0.4 is 9.47 Å². The molecule has 0 bridgehead atoms. The first-order valence-electron chi connectivity index (χ1n) is 12.4. The first-order valence-corrected chi connectivity index (χ1v) is 12.8. The maximum absolute atomic E-state index is 11.7. The lowest BCUT2D eigenvalue weighted by molar-refractivity contribution is -0.0134. The van der Waals surface area contributed by atoms with Gasteiger partial charge in [0.1, 0.15) is 29.4 Å². The van der Waals surface area contributed by atoms with Crippen molar-refractivity contribution in [3.05, 3.63) is 82.9 Å². The molecule has 1 aromatic heterocycles. The molecule has 0 unspecified atom stereocenters. The minimum Gasteiger partial charge on any atom is -0.490 e. The summed E-state index contributed by atoms with van der Waals surface area (Å²) in [5.74, 6) is 2.07. The lowest BCUT2D eigenvalue weighted by Crippen LogP contribution is -2.58. The molecule has 1 heterocycles. The molecule has 4 rings (SSSR count). The topological polar surface area (TPSA) is 84.8 Å². The summed E-state index contributed by atoms with van der Waals surface area (Å²) in [7, 11) is 0. The van der Waals surface area contributed by atoms with Crippen LogP contribution in [0, 0.1) is 0 Å². The van der Waals surface area contributed by atoms with Gasteiger partial charge in [0, 0.05) is 36.0 Å². The third-order valence-corrected chi connectivity index (χ3v) is 7.07. The molecule has 0 aliphatic heterocycles. The van der Waals surface area contributed by atoms with Crippen LogP contribution in [0.3, 0.4) is 0 Å². The van der Waals surface area contributed by atoms with Crippen molar-refractivity contribution in [2.24, 2.45) is 0 Å². The van der Waals surface area contributed by atoms with Crippen LogP contribution in [0.4, 0.5) is 4.79 Å². The lowest BCUT2D eigenvalue weighted by atomic mass is 9.78. The average molecular weight is 524 g/mol. The van der Waals surface area contributed by atoms with Crippen molar-refractivity contribution in [1.82, 2.24) is 14.9 Å². The highest BCUT2D eigenvalue weighted by molar-refractivity contribution is 6.29. The molecule has 0 spiro atoms. The molecular formula is C29H34ClN3O4. The van der Waals surface area contributed by atoms with Crippen molar-refractivity contribution in [1.29, 1.82) is 0 Å². The summed E-state index contributed by atoms with van der Waals surface area (Å²) in [6.07, 6.45) is 2.16. The van der Waals surface area contributed by atoms with E-state index in [1.54, 1.807) is 17.2 Å². The van der Waals surface area contributed by atoms with Crippen molar-refractivity contribution in [3.63, 3.8) is 0 Å². The van der Waals surface area contributed by atoms with Gasteiger partial charge in [0.15, 0.2) is 5.82 Å². The summed E-state index contributed by atoms with van der Waals surface area (Å²) in [6, 6.07) is 17.8. The van der Waals surface area contributed by atoms with E-state index in [-0.39, 0.29) is 24.2 Å². The molecule has 7 nitrogen and oxygen atoms in total. The maximum atomic E-state index is 11.7. The molecule has 8 heteroatoms. The van der Waals surface area contributed by atoms with Crippen molar-refractivity contribution in [2.45, 2.75) is 77.2 Å². The van der Waals surface area contributed by atoms with Gasteiger partial charge in [-0.05, 0) is 62.2 Å². The van der Waals surface area contributed by atoms with E-state index in [2.05, 4.69) is 48.1 Å². The van der Waals surface area contributed by atoms with E-state index >= 15 is 0 Å². The third kappa shape index (κ3) is 6.34. The number of hydrogen-bond acceptors (Lipinski definition) is 5. The van der Waals surface area contributed by atoms with Gasteiger partial charge in [-0.3, -0.25) is 0 Å². The van der Waals surface area contributed by atoms with Crippen LogP contribution in [0.1, 0.15) is 64.4 Å². The summed E-state index contributed by atoms with van der Waals surface area (Å²) in [5, 5.41) is 9.98. The predicted octanol–water partition coefficient (Wildman–Crippen LogP) is 6.72. The Labute approximate surface area is 223 Å². The van der Waals surface area contributed by atoms with E-state index in [4.69, 9.17) is 21.1 Å². The quantitative estimate of drug-likeness (QED) is 0.330. The SMILES string of the molecule is CC(C)(c1ccc(OCc2nccc(Cl)n2)cc1)c1ccc(OC2CC(N(C(=O)O)C(C)(C)C)C2)cc1. The molecule has 1 saturated carbocycles. The summed E-state index contributed by atoms with van der Waals surface area (Å²) in [4.78, 5) is 21.5. The highest BCUT2D eigenvalue weighted by Gasteiger charge is 2.42. The number of carboxylic acid groups (broad SMARTS) is 1. The fourth-order valence-corrected chi connectivity index (χ4v) is 4.86. The van der Waals surface area contributed by atoms with Crippen LogP contribution in [0.25, 0.3) is 0 Å². The maximum Gasteiger partial charge on any atom is 0.407 e. The Kier molecular flexibility index (Phi) is 7.64. The van der Waals surface area contributed by atoms with Crippen molar-refractivity contribution < 1.29 is 19.4 Å². The minimum atomic E-state index is -0.878. The Bertz CT molecular complexity index is 1220. The number of nitrogens with zero attached hydrogens (tertiary/aromatic N) is 3. The molecule has 0 atom stereocenters. The number of benzene rings is 2. The first kappa shape index (κ1) is 26.7. The smallest absolute Gasteiger partial charge is 0.407 e. The molecule has 196 valence electrons. The number of aromatic nitrogens is 2. The van der Waals surface area contributed by atoms with Crippen molar-refractivity contribution in [2.75, 3.05) is 0 Å². The Morgan fingerprint density at radius 1 is 0.973 bits per heavy atom. The number of halogens is 1. The first-order chi connectivity index (χ1) is 17.4. The van der Waals surface area contributed by atoms with E-state index < -0.39 is 11.6 Å². The lowest BCUT2D eigenvalue weighted by Gasteiger charge is -2.47. The molecule has 1 fully saturated rings. The van der Waals surface area contributed by atoms with E-state index in [0.29, 0.717) is 23.8 Å². The molecule has 2 aromatic carbocycles. The van der Waals surface area contributed by atoms with Crippen LogP contribution in [0.15, 0.2) is 60.8 Å². The van der Waals surface area contributed by atoms with Gasteiger partial charge < -0.3 is 19.5 Å². The van der Waals surface area contributed by atoms with Gasteiger partial charge in [-0.15, -0.1) is 0 Å². The summed E-state index contributed by atoms with van der Waals surface area (Å²) in [6.45, 7) is 10.4. The molecule has 1 aliphatic carbocycles. The van der Waals surface area contributed by atoms with E-state index in [1.807, 2.05) is 45.0 Å². The van der Waals surface area contributed by atoms with Gasteiger partial charge >= 0.3 is 6.09 Å². The van der Waals surface area contributed by atoms with E-state index in [1.165, 1.54) is 0 Å². The van der Waals surface area contributed by atoms with Gasteiger partial charge in [0.05, 0.1) is 0 Å². The van der Waals surface area contributed by atoms with Crippen LogP contribution in [-0.2, 0) is 12.0 Å². The molecule has 0 radical (unpaired) electrons. The molecule has 1 N–H and O–H groups in total. The second-order valence-electron chi connectivity index (χ2n) is 10.9. The Balaban J connectivity index is 1.33. The van der Waals surface area contributed by atoms with Gasteiger partial charge in [-0.2, -0.15) is 0 Å². The number of rotatable bonds is 8. The number of ether oxygens (including phenoxy) is 2. The fourth-order valence-electron chi connectivity index (χ4n) is 4.70. The predicted molar refractivity (Wildman–Crippen MR) is 143 cm³/mol. The zero-order valence-electron chi connectivity index (χ0n) is 21.9. The average Bonchev–Trinajstić information content (AvgIpc) is 2.81. The van der Waals surface area contributed by atoms with Crippen LogP contribution in [0.2, 0.25) is 5.15 Å². The molecule has 1 aliphatic rings. The highest BCUT2D eigenvalue weighted by Crippen LogP contribution is 2.36. The zero-order valence-corrected chi connectivity index (χ0v) is 22.7. The third-order valence-electron chi connectivity index (χ3n) is 6.86. The molecule has 37 heavy (non-hydrogen) atoms. The Morgan fingerprint density at radius 3 is 2.05 bits per heavy atom. The molecule has 1 amide bonds. The molecule has 0 saturated heterocycles. The number of hydrogen-bond donors (Lipinski definition) is 1. The van der Waals surface area contributed by atoms with Crippen molar-refractivity contribution in [3.8, 4) is 11.5 Å². The Hall–Kier alpha value is -3.32. The zero-order chi connectivity index (χ0) is 26.8. The number of carbonyl (C=O) groups is 1. The van der Waals surface area contributed by atoms with Crippen LogP contribution in [0.5, 0.6) is 11.5 Å². The van der Waals surface area contributed by atoms with Crippen LogP contribution >= 0.6 is 11.6 Å². The molecular weight excluding hydrogens is 490 g/mol. The molecule has 3 aromatic rings. The van der Waals surface area contributed by atoms with Gasteiger partial charge in [0.25, 0.3) is 0 Å². The van der Waals surface area contributed by atoms with E-state index in [9.17, 15) is 9.90 Å². The second-order valence-corrected chi connectivity index (χ2v) is 11.3. The van der Waals surface area contributed by atoms with Gasteiger partial charge in [0.2, 0.25) is 0 Å².